The van der Waals surface area contributed by atoms with E-state index < -0.39 is 5.60 Å². The molecule has 2 N–H and O–H groups in total. The van der Waals surface area contributed by atoms with Gasteiger partial charge in [0.05, 0.1) is 12.2 Å². The maximum atomic E-state index is 9.52. The topological polar surface area (TPSA) is 41.5 Å². The van der Waals surface area contributed by atoms with Crippen molar-refractivity contribution < 1.29 is 9.84 Å². The molecule has 3 heteroatoms. The summed E-state index contributed by atoms with van der Waals surface area (Å²) < 4.78 is 5.53. The molecule has 0 bridgehead atoms. The van der Waals surface area contributed by atoms with E-state index in [1.165, 1.54) is 5.56 Å². The molecule has 16 heavy (non-hydrogen) atoms. The molecule has 0 fully saturated rings. The lowest BCUT2D eigenvalue weighted by atomic mass is 10.1. The van der Waals surface area contributed by atoms with Gasteiger partial charge < -0.3 is 15.2 Å². The molecule has 0 radical (unpaired) electrons. The quantitative estimate of drug-likeness (QED) is 0.774. The molecule has 0 spiro atoms. The van der Waals surface area contributed by atoms with Crippen LogP contribution in [0.3, 0.4) is 0 Å². The van der Waals surface area contributed by atoms with Gasteiger partial charge in [-0.05, 0) is 38.6 Å². The van der Waals surface area contributed by atoms with Gasteiger partial charge in [-0.25, -0.2) is 0 Å². The zero-order chi connectivity index (χ0) is 12.0. The number of aliphatic hydroxyl groups is 1. The van der Waals surface area contributed by atoms with Gasteiger partial charge in [-0.1, -0.05) is 12.1 Å². The second-order valence-corrected chi connectivity index (χ2v) is 4.59. The van der Waals surface area contributed by atoms with Gasteiger partial charge in [0.25, 0.3) is 0 Å². The second-order valence-electron chi connectivity index (χ2n) is 4.59. The number of hydrogen-bond acceptors (Lipinski definition) is 3. The van der Waals surface area contributed by atoms with Gasteiger partial charge >= 0.3 is 0 Å². The fraction of sp³-hybridized carbons (Fsp3) is 0.538. The van der Waals surface area contributed by atoms with E-state index in [-0.39, 0.29) is 0 Å². The molecule has 0 saturated carbocycles. The van der Waals surface area contributed by atoms with Crippen molar-refractivity contribution in [3.63, 3.8) is 0 Å². The van der Waals surface area contributed by atoms with Crippen molar-refractivity contribution in [1.82, 2.24) is 5.32 Å². The van der Waals surface area contributed by atoms with Gasteiger partial charge in [-0.15, -0.1) is 0 Å². The van der Waals surface area contributed by atoms with E-state index in [9.17, 15) is 5.11 Å². The minimum absolute atomic E-state index is 0.537. The highest BCUT2D eigenvalue weighted by Crippen LogP contribution is 2.14. The summed E-state index contributed by atoms with van der Waals surface area (Å²) in [4.78, 5) is 0. The van der Waals surface area contributed by atoms with Crippen LogP contribution in [0, 0.1) is 0 Å². The molecule has 0 aliphatic heterocycles. The van der Waals surface area contributed by atoms with Crippen LogP contribution >= 0.6 is 0 Å². The number of benzene rings is 1. The molecule has 0 amide bonds. The van der Waals surface area contributed by atoms with Crippen LogP contribution in [0.1, 0.15) is 25.8 Å². The summed E-state index contributed by atoms with van der Waals surface area (Å²) in [6, 6.07) is 7.99. The highest BCUT2D eigenvalue weighted by molar-refractivity contribution is 5.27. The van der Waals surface area contributed by atoms with Crippen molar-refractivity contribution in [3.05, 3.63) is 29.8 Å². The molecule has 0 aromatic heterocycles. The summed E-state index contributed by atoms with van der Waals surface area (Å²) in [7, 11) is 1.92. The van der Waals surface area contributed by atoms with E-state index >= 15 is 0 Å². The Morgan fingerprint density at radius 2 is 1.88 bits per heavy atom. The summed E-state index contributed by atoms with van der Waals surface area (Å²) in [6.07, 6.45) is 0.630. The van der Waals surface area contributed by atoms with E-state index in [0.717, 1.165) is 12.3 Å². The maximum Gasteiger partial charge on any atom is 0.119 e. The van der Waals surface area contributed by atoms with Crippen molar-refractivity contribution in [2.75, 3.05) is 13.7 Å². The molecule has 1 aromatic rings. The van der Waals surface area contributed by atoms with Crippen LogP contribution in [0.2, 0.25) is 0 Å². The summed E-state index contributed by atoms with van der Waals surface area (Å²) in [5.74, 6) is 0.851. The van der Waals surface area contributed by atoms with Crippen molar-refractivity contribution in [1.29, 1.82) is 0 Å². The molecular weight excluding hydrogens is 202 g/mol. The van der Waals surface area contributed by atoms with E-state index in [1.807, 2.05) is 31.3 Å². The average Bonchev–Trinajstić information content (AvgIpc) is 2.19. The normalized spacial score (nSPS) is 11.5. The first-order chi connectivity index (χ1) is 7.51. The Labute approximate surface area is 97.4 Å². The summed E-state index contributed by atoms with van der Waals surface area (Å²) >= 11 is 0. The Hall–Kier alpha value is -1.06. The Bertz CT molecular complexity index is 301. The van der Waals surface area contributed by atoms with E-state index in [1.54, 1.807) is 13.8 Å². The average molecular weight is 223 g/mol. The third-order valence-electron chi connectivity index (χ3n) is 2.29. The molecule has 0 unspecified atom stereocenters. The van der Waals surface area contributed by atoms with Crippen LogP contribution in [-0.4, -0.2) is 24.4 Å². The molecule has 0 aliphatic rings. The van der Waals surface area contributed by atoms with Crippen molar-refractivity contribution >= 4 is 0 Å². The predicted molar refractivity (Wildman–Crippen MR) is 65.6 cm³/mol. The van der Waals surface area contributed by atoms with E-state index in [4.69, 9.17) is 4.74 Å². The maximum absolute atomic E-state index is 9.52. The highest BCUT2D eigenvalue weighted by Gasteiger charge is 2.11. The van der Waals surface area contributed by atoms with Crippen LogP contribution in [0.25, 0.3) is 0 Å². The van der Waals surface area contributed by atoms with Crippen LogP contribution in [-0.2, 0) is 6.54 Å². The Kier molecular flexibility index (Phi) is 4.77. The fourth-order valence-electron chi connectivity index (χ4n) is 1.33. The largest absolute Gasteiger partial charge is 0.493 e. The van der Waals surface area contributed by atoms with E-state index in [0.29, 0.717) is 13.0 Å². The SMILES string of the molecule is CNCc1ccc(OCCC(C)(C)O)cc1. The van der Waals surface area contributed by atoms with Gasteiger partial charge in [0.15, 0.2) is 0 Å². The number of nitrogens with one attached hydrogen (secondary N) is 1. The number of hydrogen-bond donors (Lipinski definition) is 2. The van der Waals surface area contributed by atoms with Crippen molar-refractivity contribution in [3.8, 4) is 5.75 Å². The Balaban J connectivity index is 2.37. The molecule has 90 valence electrons. The minimum Gasteiger partial charge on any atom is -0.493 e. The number of ether oxygens (including phenoxy) is 1. The first-order valence-corrected chi connectivity index (χ1v) is 5.60. The van der Waals surface area contributed by atoms with Gasteiger partial charge in [-0.2, -0.15) is 0 Å². The first kappa shape index (κ1) is 13.0. The summed E-state index contributed by atoms with van der Waals surface area (Å²) in [6.45, 7) is 4.97. The standard InChI is InChI=1S/C13H21NO2/c1-13(2,15)8-9-16-12-6-4-11(5-7-12)10-14-3/h4-7,14-15H,8-10H2,1-3H3. The Morgan fingerprint density at radius 1 is 1.25 bits per heavy atom. The summed E-state index contributed by atoms with van der Waals surface area (Å²) in [5, 5.41) is 12.6. The van der Waals surface area contributed by atoms with Gasteiger partial charge in [0, 0.05) is 13.0 Å². The van der Waals surface area contributed by atoms with Crippen LogP contribution in [0.5, 0.6) is 5.75 Å². The lowest BCUT2D eigenvalue weighted by Gasteiger charge is -2.17. The number of rotatable bonds is 6. The lowest BCUT2D eigenvalue weighted by molar-refractivity contribution is 0.0553. The van der Waals surface area contributed by atoms with Gasteiger partial charge in [0.2, 0.25) is 0 Å². The van der Waals surface area contributed by atoms with Gasteiger partial charge in [-0.3, -0.25) is 0 Å². The van der Waals surface area contributed by atoms with Crippen LogP contribution in [0.15, 0.2) is 24.3 Å². The molecule has 3 nitrogen and oxygen atoms in total. The molecule has 0 saturated heterocycles. The second kappa shape index (κ2) is 5.87. The Morgan fingerprint density at radius 3 is 2.38 bits per heavy atom. The van der Waals surface area contributed by atoms with Crippen molar-refractivity contribution in [2.45, 2.75) is 32.4 Å². The van der Waals surface area contributed by atoms with Crippen LogP contribution < -0.4 is 10.1 Å². The summed E-state index contributed by atoms with van der Waals surface area (Å²) in [5.41, 5.74) is 0.573. The smallest absolute Gasteiger partial charge is 0.119 e. The monoisotopic (exact) mass is 223 g/mol. The molecule has 0 atom stereocenters. The van der Waals surface area contributed by atoms with E-state index in [2.05, 4.69) is 5.32 Å². The third kappa shape index (κ3) is 5.14. The zero-order valence-electron chi connectivity index (χ0n) is 10.3. The predicted octanol–water partition coefficient (Wildman–Crippen LogP) is 1.95. The highest BCUT2D eigenvalue weighted by atomic mass is 16.5. The molecule has 1 rings (SSSR count). The molecule has 0 heterocycles. The molecule has 0 aliphatic carbocycles. The van der Waals surface area contributed by atoms with Crippen LogP contribution in [0.4, 0.5) is 0 Å². The minimum atomic E-state index is -0.661. The van der Waals surface area contributed by atoms with Crippen molar-refractivity contribution in [2.24, 2.45) is 0 Å². The fourth-order valence-corrected chi connectivity index (χ4v) is 1.33. The first-order valence-electron chi connectivity index (χ1n) is 5.60. The lowest BCUT2D eigenvalue weighted by Crippen LogP contribution is -2.21. The zero-order valence-corrected chi connectivity index (χ0v) is 10.3. The third-order valence-corrected chi connectivity index (χ3v) is 2.29. The molecule has 1 aromatic carbocycles. The molecular formula is C13H21NO2. The van der Waals surface area contributed by atoms with Gasteiger partial charge in [0.1, 0.15) is 5.75 Å².